The van der Waals surface area contributed by atoms with E-state index in [4.69, 9.17) is 4.55 Å². The molecule has 6 heteroatoms. The van der Waals surface area contributed by atoms with Gasteiger partial charge in [-0.3, -0.25) is 4.55 Å². The molecular formula is C10H21NaO4S. The van der Waals surface area contributed by atoms with E-state index in [1.165, 1.54) is 6.92 Å². The average Bonchev–Trinajstić information content (AvgIpc) is 2.00. The van der Waals surface area contributed by atoms with E-state index in [2.05, 4.69) is 0 Å². The van der Waals surface area contributed by atoms with Crippen LogP contribution in [0, 0.1) is 11.8 Å². The standard InChI is InChI=1S/C10H20O4S.Na.H/c1-7(2)8-4-5-10(3,11)9(6-8)15(12,13)14;;/h7-9,11H,4-6H2,1-3H3,(H,12,13,14);;/q;+1;-1. The first-order valence-electron chi connectivity index (χ1n) is 5.33. The predicted molar refractivity (Wildman–Crippen MR) is 59.3 cm³/mol. The molecule has 3 unspecified atom stereocenters. The van der Waals surface area contributed by atoms with Gasteiger partial charge < -0.3 is 6.53 Å². The Hall–Kier alpha value is 0.870. The molecule has 0 bridgehead atoms. The summed E-state index contributed by atoms with van der Waals surface area (Å²) in [6.45, 7) is 5.56. The van der Waals surface area contributed by atoms with Crippen molar-refractivity contribution in [2.24, 2.45) is 11.8 Å². The summed E-state index contributed by atoms with van der Waals surface area (Å²) in [6.07, 6.45) is 1.60. The molecule has 0 saturated heterocycles. The second-order valence-electron chi connectivity index (χ2n) is 5.14. The van der Waals surface area contributed by atoms with Gasteiger partial charge >= 0.3 is 29.6 Å². The van der Waals surface area contributed by atoms with Gasteiger partial charge in [0, 0.05) is 0 Å². The molecule has 3 atom stereocenters. The Morgan fingerprint density at radius 1 is 1.44 bits per heavy atom. The molecule has 0 aromatic carbocycles. The summed E-state index contributed by atoms with van der Waals surface area (Å²) in [6, 6.07) is 0. The van der Waals surface area contributed by atoms with Crippen LogP contribution in [-0.2, 0) is 10.1 Å². The van der Waals surface area contributed by atoms with E-state index in [1.807, 2.05) is 13.8 Å². The van der Waals surface area contributed by atoms with Crippen molar-refractivity contribution in [1.29, 1.82) is 0 Å². The SMILES string of the molecule is CC(C)C1CCC(C)(O)C(S(=O)(=O)O)C1.[H-].[Na+]. The van der Waals surface area contributed by atoms with Crippen LogP contribution in [-0.4, -0.2) is 28.9 Å². The van der Waals surface area contributed by atoms with Crippen LogP contribution in [0.1, 0.15) is 41.5 Å². The Labute approximate surface area is 121 Å². The average molecular weight is 260 g/mol. The maximum absolute atomic E-state index is 11.2. The number of hydrogen-bond donors (Lipinski definition) is 2. The quantitative estimate of drug-likeness (QED) is 0.471. The van der Waals surface area contributed by atoms with Gasteiger partial charge in [-0.2, -0.15) is 8.42 Å². The molecule has 1 saturated carbocycles. The summed E-state index contributed by atoms with van der Waals surface area (Å²) >= 11 is 0. The fourth-order valence-electron chi connectivity index (χ4n) is 2.33. The van der Waals surface area contributed by atoms with Crippen LogP contribution in [0.4, 0.5) is 0 Å². The Bertz CT molecular complexity index is 329. The van der Waals surface area contributed by atoms with Gasteiger partial charge in [-0.05, 0) is 38.0 Å². The van der Waals surface area contributed by atoms with Crippen LogP contribution >= 0.6 is 0 Å². The van der Waals surface area contributed by atoms with Gasteiger partial charge in [0.1, 0.15) is 5.25 Å². The second-order valence-corrected chi connectivity index (χ2v) is 6.74. The molecule has 1 aliphatic rings. The first kappa shape index (κ1) is 16.9. The maximum atomic E-state index is 11.2. The van der Waals surface area contributed by atoms with Crippen molar-refractivity contribution in [3.05, 3.63) is 0 Å². The minimum Gasteiger partial charge on any atom is -1.00 e. The van der Waals surface area contributed by atoms with Gasteiger partial charge in [0.2, 0.25) is 0 Å². The van der Waals surface area contributed by atoms with Crippen molar-refractivity contribution in [2.75, 3.05) is 0 Å². The third-order valence-electron chi connectivity index (χ3n) is 3.53. The largest absolute Gasteiger partial charge is 1.00 e. The van der Waals surface area contributed by atoms with Crippen LogP contribution < -0.4 is 29.6 Å². The van der Waals surface area contributed by atoms with Gasteiger partial charge in [0.05, 0.1) is 5.60 Å². The van der Waals surface area contributed by atoms with E-state index < -0.39 is 21.0 Å². The summed E-state index contributed by atoms with van der Waals surface area (Å²) in [4.78, 5) is 0. The van der Waals surface area contributed by atoms with Gasteiger partial charge in [0.25, 0.3) is 10.1 Å². The Morgan fingerprint density at radius 3 is 2.31 bits per heavy atom. The molecule has 0 aromatic rings. The summed E-state index contributed by atoms with van der Waals surface area (Å²) < 4.78 is 31.4. The van der Waals surface area contributed by atoms with E-state index >= 15 is 0 Å². The molecule has 0 radical (unpaired) electrons. The monoisotopic (exact) mass is 260 g/mol. The third-order valence-corrected chi connectivity index (χ3v) is 4.95. The summed E-state index contributed by atoms with van der Waals surface area (Å²) in [7, 11) is -4.15. The van der Waals surface area contributed by atoms with E-state index in [-0.39, 0.29) is 36.9 Å². The van der Waals surface area contributed by atoms with E-state index in [0.717, 1.165) is 6.42 Å². The Morgan fingerprint density at radius 2 is 1.94 bits per heavy atom. The minimum atomic E-state index is -4.15. The zero-order valence-electron chi connectivity index (χ0n) is 11.5. The first-order valence-corrected chi connectivity index (χ1v) is 6.83. The predicted octanol–water partition coefficient (Wildman–Crippen LogP) is -1.43. The third kappa shape index (κ3) is 3.96. The maximum Gasteiger partial charge on any atom is 1.00 e. The van der Waals surface area contributed by atoms with Crippen LogP contribution in [0.5, 0.6) is 0 Å². The van der Waals surface area contributed by atoms with Crippen molar-refractivity contribution < 1.29 is 49.1 Å². The van der Waals surface area contributed by atoms with Crippen LogP contribution in [0.2, 0.25) is 0 Å². The molecule has 0 aliphatic heterocycles. The van der Waals surface area contributed by atoms with Crippen LogP contribution in [0.15, 0.2) is 0 Å². The van der Waals surface area contributed by atoms with Crippen molar-refractivity contribution in [2.45, 2.75) is 50.9 Å². The van der Waals surface area contributed by atoms with E-state index in [0.29, 0.717) is 18.8 Å². The van der Waals surface area contributed by atoms with Gasteiger partial charge in [0.15, 0.2) is 0 Å². The molecule has 0 spiro atoms. The van der Waals surface area contributed by atoms with Crippen molar-refractivity contribution >= 4 is 10.1 Å². The normalized spacial score (nSPS) is 35.9. The fraction of sp³-hybridized carbons (Fsp3) is 1.00. The zero-order chi connectivity index (χ0) is 11.9. The second kappa shape index (κ2) is 5.67. The number of hydrogen-bond acceptors (Lipinski definition) is 3. The molecule has 0 heterocycles. The van der Waals surface area contributed by atoms with E-state index in [1.54, 1.807) is 0 Å². The van der Waals surface area contributed by atoms with Crippen molar-refractivity contribution in [3.8, 4) is 0 Å². The van der Waals surface area contributed by atoms with E-state index in [9.17, 15) is 13.5 Å². The minimum absolute atomic E-state index is 0. The summed E-state index contributed by atoms with van der Waals surface area (Å²) in [5, 5.41) is 8.89. The molecule has 0 aromatic heterocycles. The molecule has 1 aliphatic carbocycles. The Balaban J connectivity index is 0. The van der Waals surface area contributed by atoms with Gasteiger partial charge in [-0.1, -0.05) is 13.8 Å². The summed E-state index contributed by atoms with van der Waals surface area (Å²) in [5.74, 6) is 0.641. The molecule has 0 amide bonds. The molecular weight excluding hydrogens is 239 g/mol. The first-order chi connectivity index (χ1) is 6.64. The molecule has 1 fully saturated rings. The van der Waals surface area contributed by atoms with Crippen molar-refractivity contribution in [3.63, 3.8) is 0 Å². The molecule has 1 rings (SSSR count). The van der Waals surface area contributed by atoms with Gasteiger partial charge in [-0.15, -0.1) is 0 Å². The molecule has 2 N–H and O–H groups in total. The molecule has 16 heavy (non-hydrogen) atoms. The Kier molecular flexibility index (Phi) is 5.98. The fourth-order valence-corrected chi connectivity index (χ4v) is 3.58. The number of aliphatic hydroxyl groups is 1. The smallest absolute Gasteiger partial charge is 1.00 e. The van der Waals surface area contributed by atoms with Gasteiger partial charge in [-0.25, -0.2) is 0 Å². The van der Waals surface area contributed by atoms with Crippen LogP contribution in [0.3, 0.4) is 0 Å². The number of rotatable bonds is 2. The zero-order valence-corrected chi connectivity index (χ0v) is 13.3. The molecule has 4 nitrogen and oxygen atoms in total. The van der Waals surface area contributed by atoms with Crippen LogP contribution in [0.25, 0.3) is 0 Å². The van der Waals surface area contributed by atoms with Crippen molar-refractivity contribution in [1.82, 2.24) is 0 Å². The summed E-state index contributed by atoms with van der Waals surface area (Å²) in [5.41, 5.74) is -1.29. The topological polar surface area (TPSA) is 74.6 Å². The molecule has 92 valence electrons.